The summed E-state index contributed by atoms with van der Waals surface area (Å²) in [5, 5.41) is 12.0. The van der Waals surface area contributed by atoms with Gasteiger partial charge in [-0.1, -0.05) is 6.07 Å². The second kappa shape index (κ2) is 5.51. The summed E-state index contributed by atoms with van der Waals surface area (Å²) in [6.07, 6.45) is 7.06. The molecule has 0 aromatic heterocycles. The Labute approximate surface area is 124 Å². The molecule has 4 heteroatoms. The molecule has 1 amide bonds. The minimum atomic E-state index is -0.847. The monoisotopic (exact) mass is 287 g/mol. The van der Waals surface area contributed by atoms with Crippen LogP contribution in [0.2, 0.25) is 0 Å². The van der Waals surface area contributed by atoms with E-state index in [0.29, 0.717) is 5.56 Å². The number of hydrogen-bond acceptors (Lipinski definition) is 2. The van der Waals surface area contributed by atoms with Crippen molar-refractivity contribution in [3.8, 4) is 0 Å². The average molecular weight is 287 g/mol. The van der Waals surface area contributed by atoms with Gasteiger partial charge in [-0.15, -0.1) is 0 Å². The normalized spacial score (nSPS) is 19.2. The molecular weight excluding hydrogens is 266 g/mol. The average Bonchev–Trinajstić information content (AvgIpc) is 2.43. The van der Waals surface area contributed by atoms with E-state index in [9.17, 15) is 9.59 Å². The largest absolute Gasteiger partial charge is 0.481 e. The first kappa shape index (κ1) is 14.1. The lowest BCUT2D eigenvalue weighted by atomic mass is 9.74. The molecule has 0 spiro atoms. The van der Waals surface area contributed by atoms with Crippen LogP contribution in [0.15, 0.2) is 18.2 Å². The smallest absolute Gasteiger partial charge is 0.305 e. The lowest BCUT2D eigenvalue weighted by Gasteiger charge is -2.41. The van der Waals surface area contributed by atoms with Gasteiger partial charge in [0.25, 0.3) is 5.91 Å². The summed E-state index contributed by atoms with van der Waals surface area (Å²) in [6, 6.07) is 5.90. The molecule has 2 aliphatic rings. The fraction of sp³-hybridized carbons (Fsp3) is 0.529. The van der Waals surface area contributed by atoms with E-state index in [1.165, 1.54) is 24.0 Å². The Bertz CT molecular complexity index is 575. The first-order valence-corrected chi connectivity index (χ1v) is 7.74. The number of carboxylic acids is 1. The Balaban J connectivity index is 1.74. The van der Waals surface area contributed by atoms with Crippen molar-refractivity contribution in [2.75, 3.05) is 0 Å². The zero-order valence-electron chi connectivity index (χ0n) is 12.2. The zero-order chi connectivity index (χ0) is 14.9. The molecule has 0 saturated heterocycles. The van der Waals surface area contributed by atoms with Crippen LogP contribution in [0.4, 0.5) is 0 Å². The number of carbonyl (C=O) groups excluding carboxylic acids is 1. The maximum absolute atomic E-state index is 12.4. The quantitative estimate of drug-likeness (QED) is 0.894. The van der Waals surface area contributed by atoms with E-state index in [1.807, 2.05) is 18.2 Å². The zero-order valence-corrected chi connectivity index (χ0v) is 12.2. The van der Waals surface area contributed by atoms with Gasteiger partial charge in [0, 0.05) is 5.56 Å². The third-order valence-electron chi connectivity index (χ3n) is 4.79. The minimum absolute atomic E-state index is 0.0175. The van der Waals surface area contributed by atoms with Crippen LogP contribution in [0.5, 0.6) is 0 Å². The fourth-order valence-electron chi connectivity index (χ4n) is 3.43. The molecular formula is C17H21NO3. The number of hydrogen-bond donors (Lipinski definition) is 2. The van der Waals surface area contributed by atoms with Crippen molar-refractivity contribution in [1.29, 1.82) is 0 Å². The van der Waals surface area contributed by atoms with Crippen LogP contribution in [0.1, 0.15) is 60.0 Å². The van der Waals surface area contributed by atoms with Gasteiger partial charge in [-0.3, -0.25) is 9.59 Å². The molecule has 2 aliphatic carbocycles. The van der Waals surface area contributed by atoms with Crippen LogP contribution < -0.4 is 5.32 Å². The second-order valence-electron chi connectivity index (χ2n) is 6.35. The summed E-state index contributed by atoms with van der Waals surface area (Å²) in [7, 11) is 0. The molecule has 0 bridgehead atoms. The fourth-order valence-corrected chi connectivity index (χ4v) is 3.43. The molecule has 2 N–H and O–H groups in total. The van der Waals surface area contributed by atoms with Gasteiger partial charge in [0.2, 0.25) is 0 Å². The topological polar surface area (TPSA) is 66.4 Å². The van der Waals surface area contributed by atoms with E-state index in [-0.39, 0.29) is 12.3 Å². The number of rotatable bonds is 4. The molecule has 0 atom stereocenters. The highest BCUT2D eigenvalue weighted by Gasteiger charge is 2.40. The predicted octanol–water partition coefficient (Wildman–Crippen LogP) is 2.69. The Morgan fingerprint density at radius 3 is 2.43 bits per heavy atom. The summed E-state index contributed by atoms with van der Waals surface area (Å²) in [5.41, 5.74) is 2.75. The number of aliphatic carboxylic acids is 1. The van der Waals surface area contributed by atoms with Gasteiger partial charge in [0.05, 0.1) is 12.0 Å². The van der Waals surface area contributed by atoms with Crippen molar-refractivity contribution in [3.05, 3.63) is 34.9 Å². The van der Waals surface area contributed by atoms with Crippen molar-refractivity contribution in [2.24, 2.45) is 0 Å². The van der Waals surface area contributed by atoms with Crippen LogP contribution in [0.25, 0.3) is 0 Å². The molecule has 1 saturated carbocycles. The SMILES string of the molecule is O=C(O)CC1(NC(=O)c2ccc3c(c2)CCCC3)CCC1. The van der Waals surface area contributed by atoms with Crippen molar-refractivity contribution in [2.45, 2.75) is 56.9 Å². The Kier molecular flexibility index (Phi) is 3.70. The van der Waals surface area contributed by atoms with Crippen LogP contribution >= 0.6 is 0 Å². The molecule has 3 rings (SSSR count). The van der Waals surface area contributed by atoms with Gasteiger partial charge in [-0.2, -0.15) is 0 Å². The Hall–Kier alpha value is -1.84. The van der Waals surface area contributed by atoms with E-state index in [4.69, 9.17) is 5.11 Å². The lowest BCUT2D eigenvalue weighted by molar-refractivity contribution is -0.139. The van der Waals surface area contributed by atoms with E-state index >= 15 is 0 Å². The van der Waals surface area contributed by atoms with Gasteiger partial charge in [0.15, 0.2) is 0 Å². The van der Waals surface area contributed by atoms with Gasteiger partial charge in [-0.25, -0.2) is 0 Å². The highest BCUT2D eigenvalue weighted by Crippen LogP contribution is 2.35. The number of benzene rings is 1. The summed E-state index contributed by atoms with van der Waals surface area (Å²) in [5.74, 6) is -0.982. The van der Waals surface area contributed by atoms with E-state index in [1.54, 1.807) is 0 Å². The van der Waals surface area contributed by atoms with Crippen molar-refractivity contribution in [1.82, 2.24) is 5.32 Å². The summed E-state index contributed by atoms with van der Waals surface area (Å²) < 4.78 is 0. The van der Waals surface area contributed by atoms with Crippen LogP contribution in [-0.4, -0.2) is 22.5 Å². The van der Waals surface area contributed by atoms with Gasteiger partial charge in [-0.05, 0) is 68.2 Å². The Morgan fingerprint density at radius 2 is 1.81 bits per heavy atom. The third-order valence-corrected chi connectivity index (χ3v) is 4.79. The number of carboxylic acid groups (broad SMARTS) is 1. The number of amides is 1. The van der Waals surface area contributed by atoms with Crippen LogP contribution in [-0.2, 0) is 17.6 Å². The number of aryl methyl sites for hydroxylation is 2. The molecule has 1 aromatic rings. The molecule has 21 heavy (non-hydrogen) atoms. The number of fused-ring (bicyclic) bond motifs is 1. The number of carbonyl (C=O) groups is 2. The van der Waals surface area contributed by atoms with E-state index < -0.39 is 11.5 Å². The molecule has 112 valence electrons. The minimum Gasteiger partial charge on any atom is -0.481 e. The first-order chi connectivity index (χ1) is 10.1. The van der Waals surface area contributed by atoms with Crippen LogP contribution in [0.3, 0.4) is 0 Å². The van der Waals surface area contributed by atoms with Gasteiger partial charge >= 0.3 is 5.97 Å². The van der Waals surface area contributed by atoms with Crippen molar-refractivity contribution in [3.63, 3.8) is 0 Å². The highest BCUT2D eigenvalue weighted by atomic mass is 16.4. The van der Waals surface area contributed by atoms with E-state index in [2.05, 4.69) is 5.32 Å². The van der Waals surface area contributed by atoms with Gasteiger partial charge in [0.1, 0.15) is 0 Å². The highest BCUT2D eigenvalue weighted by molar-refractivity contribution is 5.95. The lowest BCUT2D eigenvalue weighted by Crippen LogP contribution is -2.54. The molecule has 0 unspecified atom stereocenters. The van der Waals surface area contributed by atoms with Crippen molar-refractivity contribution >= 4 is 11.9 Å². The van der Waals surface area contributed by atoms with Crippen LogP contribution in [0, 0.1) is 0 Å². The predicted molar refractivity (Wildman–Crippen MR) is 79.4 cm³/mol. The maximum Gasteiger partial charge on any atom is 0.305 e. The summed E-state index contributed by atoms with van der Waals surface area (Å²) in [4.78, 5) is 23.4. The van der Waals surface area contributed by atoms with E-state index in [0.717, 1.165) is 32.1 Å². The molecule has 0 aliphatic heterocycles. The van der Waals surface area contributed by atoms with Crippen molar-refractivity contribution < 1.29 is 14.7 Å². The molecule has 1 fully saturated rings. The Morgan fingerprint density at radius 1 is 1.10 bits per heavy atom. The summed E-state index contributed by atoms with van der Waals surface area (Å²) in [6.45, 7) is 0. The summed E-state index contributed by atoms with van der Waals surface area (Å²) >= 11 is 0. The first-order valence-electron chi connectivity index (χ1n) is 7.74. The third kappa shape index (κ3) is 2.94. The molecule has 0 heterocycles. The number of nitrogens with one attached hydrogen (secondary N) is 1. The standard InChI is InChI=1S/C17H21NO3/c19-15(20)11-17(8-3-9-17)18-16(21)14-7-6-12-4-1-2-5-13(12)10-14/h6-7,10H,1-5,8-9,11H2,(H,18,21)(H,19,20). The van der Waals surface area contributed by atoms with Gasteiger partial charge < -0.3 is 10.4 Å². The molecule has 4 nitrogen and oxygen atoms in total. The second-order valence-corrected chi connectivity index (χ2v) is 6.35. The molecule has 0 radical (unpaired) electrons. The maximum atomic E-state index is 12.4. The molecule has 1 aromatic carbocycles.